The average Bonchev–Trinajstić information content (AvgIpc) is 3.08. The fourth-order valence-corrected chi connectivity index (χ4v) is 3.01. The fourth-order valence-electron chi connectivity index (χ4n) is 3.01. The minimum absolute atomic E-state index is 0.0149. The summed E-state index contributed by atoms with van der Waals surface area (Å²) in [6, 6.07) is 0. The first-order valence-corrected chi connectivity index (χ1v) is 6.99. The van der Waals surface area contributed by atoms with Crippen molar-refractivity contribution in [2.24, 2.45) is 11.3 Å². The van der Waals surface area contributed by atoms with E-state index in [1.165, 1.54) is 43.0 Å². The van der Waals surface area contributed by atoms with E-state index < -0.39 is 5.97 Å². The predicted octanol–water partition coefficient (Wildman–Crippen LogP) is 0.673. The summed E-state index contributed by atoms with van der Waals surface area (Å²) < 4.78 is 1.25. The molecule has 7 heteroatoms. The highest BCUT2D eigenvalue weighted by Gasteiger charge is 2.48. The molecule has 2 aliphatic rings. The molecule has 1 aromatic heterocycles. The molecule has 0 unspecified atom stereocenters. The molecule has 2 saturated carbocycles. The molecule has 3 rings (SSSR count). The van der Waals surface area contributed by atoms with Crippen LogP contribution in [-0.2, 0) is 11.3 Å². The smallest absolute Gasteiger partial charge is 0.358 e. The molecule has 0 spiro atoms. The van der Waals surface area contributed by atoms with E-state index in [9.17, 15) is 9.59 Å². The van der Waals surface area contributed by atoms with Crippen molar-refractivity contribution in [3.63, 3.8) is 0 Å². The van der Waals surface area contributed by atoms with Crippen molar-refractivity contribution >= 4 is 11.9 Å². The third kappa shape index (κ3) is 2.52. The number of hydrogen-bond donors (Lipinski definition) is 2. The van der Waals surface area contributed by atoms with Gasteiger partial charge in [-0.05, 0) is 37.0 Å². The first-order chi connectivity index (χ1) is 9.59. The Morgan fingerprint density at radius 1 is 1.45 bits per heavy atom. The number of nitrogens with zero attached hydrogens (tertiary/aromatic N) is 3. The first-order valence-electron chi connectivity index (χ1n) is 6.99. The number of amides is 1. The van der Waals surface area contributed by atoms with E-state index in [-0.39, 0.29) is 18.1 Å². The van der Waals surface area contributed by atoms with E-state index in [0.717, 1.165) is 12.5 Å². The van der Waals surface area contributed by atoms with Gasteiger partial charge in [0.2, 0.25) is 5.91 Å². The predicted molar refractivity (Wildman–Crippen MR) is 69.0 cm³/mol. The topological polar surface area (TPSA) is 97.1 Å². The fraction of sp³-hybridized carbons (Fsp3) is 0.692. The molecule has 0 atom stereocenters. The van der Waals surface area contributed by atoms with Crippen LogP contribution in [0.2, 0.25) is 0 Å². The number of nitrogens with one attached hydrogen (secondary N) is 1. The van der Waals surface area contributed by atoms with Gasteiger partial charge in [0, 0.05) is 6.54 Å². The zero-order valence-electron chi connectivity index (χ0n) is 11.2. The third-order valence-corrected chi connectivity index (χ3v) is 4.49. The van der Waals surface area contributed by atoms with E-state index in [0.29, 0.717) is 5.41 Å². The Labute approximate surface area is 116 Å². The van der Waals surface area contributed by atoms with Gasteiger partial charge in [0.15, 0.2) is 5.69 Å². The summed E-state index contributed by atoms with van der Waals surface area (Å²) in [5, 5.41) is 18.8. The first kappa shape index (κ1) is 13.1. The Hall–Kier alpha value is -1.92. The lowest BCUT2D eigenvalue weighted by Crippen LogP contribution is -2.44. The molecular weight excluding hydrogens is 260 g/mol. The lowest BCUT2D eigenvalue weighted by atomic mass is 9.65. The summed E-state index contributed by atoms with van der Waals surface area (Å²) >= 11 is 0. The van der Waals surface area contributed by atoms with Crippen molar-refractivity contribution in [2.45, 2.75) is 38.6 Å². The Balaban J connectivity index is 1.50. The average molecular weight is 278 g/mol. The third-order valence-electron chi connectivity index (χ3n) is 4.49. The van der Waals surface area contributed by atoms with Gasteiger partial charge in [-0.2, -0.15) is 0 Å². The molecule has 2 N–H and O–H groups in total. The number of carbonyl (C=O) groups excluding carboxylic acids is 1. The maximum absolute atomic E-state index is 11.9. The molecule has 1 amide bonds. The number of aromatic nitrogens is 3. The van der Waals surface area contributed by atoms with Gasteiger partial charge in [0.05, 0.1) is 6.20 Å². The van der Waals surface area contributed by atoms with Crippen molar-refractivity contribution in [3.05, 3.63) is 11.9 Å². The molecule has 1 aromatic rings. The summed E-state index contributed by atoms with van der Waals surface area (Å²) in [7, 11) is 0. The molecule has 0 aromatic carbocycles. The molecule has 2 fully saturated rings. The largest absolute Gasteiger partial charge is 0.476 e. The lowest BCUT2D eigenvalue weighted by molar-refractivity contribution is -0.122. The van der Waals surface area contributed by atoms with Crippen LogP contribution in [0, 0.1) is 11.3 Å². The van der Waals surface area contributed by atoms with Gasteiger partial charge in [-0.1, -0.05) is 11.6 Å². The van der Waals surface area contributed by atoms with Crippen LogP contribution in [-0.4, -0.2) is 38.5 Å². The minimum Gasteiger partial charge on any atom is -0.476 e. The van der Waals surface area contributed by atoms with Crippen LogP contribution in [0.25, 0.3) is 0 Å². The van der Waals surface area contributed by atoms with Crippen LogP contribution >= 0.6 is 0 Å². The van der Waals surface area contributed by atoms with Crippen molar-refractivity contribution in [2.75, 3.05) is 6.54 Å². The Morgan fingerprint density at radius 2 is 2.20 bits per heavy atom. The summed E-state index contributed by atoms with van der Waals surface area (Å²) in [5.41, 5.74) is 0.191. The zero-order chi connectivity index (χ0) is 14.2. The highest BCUT2D eigenvalue weighted by molar-refractivity contribution is 5.84. The summed E-state index contributed by atoms with van der Waals surface area (Å²) in [4.78, 5) is 22.5. The van der Waals surface area contributed by atoms with Crippen molar-refractivity contribution in [1.82, 2.24) is 20.3 Å². The summed E-state index contributed by atoms with van der Waals surface area (Å²) in [6.45, 7) is 0.748. The van der Waals surface area contributed by atoms with E-state index in [1.807, 2.05) is 0 Å². The maximum atomic E-state index is 11.9. The van der Waals surface area contributed by atoms with E-state index in [2.05, 4.69) is 15.6 Å². The van der Waals surface area contributed by atoms with Crippen LogP contribution in [0.4, 0.5) is 0 Å². The standard InChI is InChI=1S/C13H18N4O3/c18-11(7-17-6-10(12(19)20)15-16-17)14-8-13(4-1-5-13)9-2-3-9/h6,9H,1-5,7-8H2,(H,14,18)(H,19,20). The monoisotopic (exact) mass is 278 g/mol. The van der Waals surface area contributed by atoms with Crippen molar-refractivity contribution in [3.8, 4) is 0 Å². The SMILES string of the molecule is O=C(Cn1cc(C(=O)O)nn1)NCC1(C2CC2)CCC1. The number of carbonyl (C=O) groups is 2. The summed E-state index contributed by atoms with van der Waals surface area (Å²) in [6.07, 6.45) is 7.54. The van der Waals surface area contributed by atoms with Crippen LogP contribution in [0.1, 0.15) is 42.6 Å². The molecule has 0 saturated heterocycles. The molecule has 0 aliphatic heterocycles. The van der Waals surface area contributed by atoms with Gasteiger partial charge in [0.1, 0.15) is 6.54 Å². The number of carboxylic acid groups (broad SMARTS) is 1. The van der Waals surface area contributed by atoms with E-state index in [1.54, 1.807) is 0 Å². The molecule has 7 nitrogen and oxygen atoms in total. The van der Waals surface area contributed by atoms with Crippen LogP contribution in [0.15, 0.2) is 6.20 Å². The maximum Gasteiger partial charge on any atom is 0.358 e. The second-order valence-corrected chi connectivity index (χ2v) is 5.87. The van der Waals surface area contributed by atoms with Gasteiger partial charge < -0.3 is 10.4 Å². The van der Waals surface area contributed by atoms with Crippen LogP contribution < -0.4 is 5.32 Å². The van der Waals surface area contributed by atoms with Crippen molar-refractivity contribution in [1.29, 1.82) is 0 Å². The van der Waals surface area contributed by atoms with Gasteiger partial charge in [-0.25, -0.2) is 9.48 Å². The second-order valence-electron chi connectivity index (χ2n) is 5.87. The highest BCUT2D eigenvalue weighted by atomic mass is 16.4. The zero-order valence-corrected chi connectivity index (χ0v) is 11.2. The highest BCUT2D eigenvalue weighted by Crippen LogP contribution is 2.56. The Kier molecular flexibility index (Phi) is 3.19. The Bertz CT molecular complexity index is 531. The van der Waals surface area contributed by atoms with E-state index in [4.69, 9.17) is 5.11 Å². The van der Waals surface area contributed by atoms with Crippen LogP contribution in [0.5, 0.6) is 0 Å². The van der Waals surface area contributed by atoms with Gasteiger partial charge in [-0.15, -0.1) is 5.10 Å². The molecule has 0 bridgehead atoms. The van der Waals surface area contributed by atoms with E-state index >= 15 is 0 Å². The molecular formula is C13H18N4O3. The lowest BCUT2D eigenvalue weighted by Gasteiger charge is -2.42. The normalized spacial score (nSPS) is 20.2. The number of hydrogen-bond acceptors (Lipinski definition) is 4. The summed E-state index contributed by atoms with van der Waals surface area (Å²) in [5.74, 6) is -0.487. The molecule has 108 valence electrons. The Morgan fingerprint density at radius 3 is 2.70 bits per heavy atom. The molecule has 1 heterocycles. The number of rotatable bonds is 6. The molecule has 2 aliphatic carbocycles. The molecule has 20 heavy (non-hydrogen) atoms. The second kappa shape index (κ2) is 4.88. The van der Waals surface area contributed by atoms with Crippen LogP contribution in [0.3, 0.4) is 0 Å². The van der Waals surface area contributed by atoms with Crippen molar-refractivity contribution < 1.29 is 14.7 Å². The van der Waals surface area contributed by atoms with Gasteiger partial charge in [-0.3, -0.25) is 4.79 Å². The number of carboxylic acids is 1. The molecule has 0 radical (unpaired) electrons. The van der Waals surface area contributed by atoms with Gasteiger partial charge in [0.25, 0.3) is 0 Å². The minimum atomic E-state index is -1.14. The quantitative estimate of drug-likeness (QED) is 0.797. The van der Waals surface area contributed by atoms with Gasteiger partial charge >= 0.3 is 5.97 Å². The number of aromatic carboxylic acids is 1.